The molecule has 0 bridgehead atoms. The number of hydrogen-bond acceptors (Lipinski definition) is 14. The van der Waals surface area contributed by atoms with Crippen LogP contribution < -0.4 is 10.6 Å². The number of aromatic nitrogens is 3. The lowest BCUT2D eigenvalue weighted by atomic mass is 9.95. The van der Waals surface area contributed by atoms with Crippen LogP contribution in [-0.4, -0.2) is 98.0 Å². The van der Waals surface area contributed by atoms with Gasteiger partial charge in [0.1, 0.15) is 38.8 Å². The number of Topliss-reactive ketones (excluding diaryl/α,β-unsaturated/α-hetero) is 1. The van der Waals surface area contributed by atoms with E-state index in [-0.39, 0.29) is 73.3 Å². The van der Waals surface area contributed by atoms with Gasteiger partial charge in [-0.1, -0.05) is 18.0 Å². The standard InChI is InChI=1S/C41H56ClN7O10S/c1-39(2,3)57-32(51)18-24-17-29(49(20-24)34(52)27-22-48-21-26(42)14-15-31(48)44-27)33-45-28(23-60-33)30(50)19-25(35(53)56-10)13-11-12-16-43-36(46-37(54)58-40(4,5)6)47-38(55)59-41(7,8)9/h14-15,21-25,29H,11-13,16-20H2,1-10H3,(H2,43,46,47,54,55)/t24-,25+,29-/m0/s1. The monoisotopic (exact) mass is 873 g/mol. The van der Waals surface area contributed by atoms with Crippen molar-refractivity contribution >= 4 is 70.4 Å². The number of carbonyl (C=O) groups is 6. The van der Waals surface area contributed by atoms with E-state index in [2.05, 4.69) is 25.6 Å². The van der Waals surface area contributed by atoms with Crippen LogP contribution in [0.5, 0.6) is 0 Å². The fourth-order valence-corrected chi connectivity index (χ4v) is 7.45. The highest BCUT2D eigenvalue weighted by Crippen LogP contribution is 2.40. The highest BCUT2D eigenvalue weighted by atomic mass is 35.5. The number of pyridine rings is 1. The molecule has 0 aliphatic carbocycles. The van der Waals surface area contributed by atoms with Gasteiger partial charge in [0.15, 0.2) is 5.78 Å². The summed E-state index contributed by atoms with van der Waals surface area (Å²) in [5.41, 5.74) is -1.39. The summed E-state index contributed by atoms with van der Waals surface area (Å²) in [5, 5.41) is 7.45. The molecular weight excluding hydrogens is 818 g/mol. The molecule has 19 heteroatoms. The van der Waals surface area contributed by atoms with Crippen LogP contribution in [0, 0.1) is 11.8 Å². The summed E-state index contributed by atoms with van der Waals surface area (Å²) < 4.78 is 22.8. The third kappa shape index (κ3) is 14.9. The van der Waals surface area contributed by atoms with Gasteiger partial charge in [-0.3, -0.25) is 34.8 Å². The second kappa shape index (κ2) is 20.0. The second-order valence-electron chi connectivity index (χ2n) is 17.5. The number of fused-ring (bicyclic) bond motifs is 1. The second-order valence-corrected chi connectivity index (χ2v) is 18.8. The summed E-state index contributed by atoms with van der Waals surface area (Å²) in [5.74, 6) is -2.88. The first-order chi connectivity index (χ1) is 27.9. The van der Waals surface area contributed by atoms with E-state index in [0.29, 0.717) is 34.9 Å². The Morgan fingerprint density at radius 1 is 0.883 bits per heavy atom. The van der Waals surface area contributed by atoms with E-state index >= 15 is 0 Å². The van der Waals surface area contributed by atoms with Gasteiger partial charge in [0, 0.05) is 37.3 Å². The number of halogens is 1. The highest BCUT2D eigenvalue weighted by molar-refractivity contribution is 7.10. The minimum absolute atomic E-state index is 0.0867. The Morgan fingerprint density at radius 2 is 1.52 bits per heavy atom. The Bertz CT molecular complexity index is 2050. The number of nitrogens with zero attached hydrogens (tertiary/aromatic N) is 5. The minimum Gasteiger partial charge on any atom is -0.469 e. The molecule has 1 saturated heterocycles. The van der Waals surface area contributed by atoms with Crippen molar-refractivity contribution in [1.82, 2.24) is 29.9 Å². The lowest BCUT2D eigenvalue weighted by molar-refractivity contribution is -0.156. The van der Waals surface area contributed by atoms with Crippen LogP contribution in [0.2, 0.25) is 5.02 Å². The van der Waals surface area contributed by atoms with Crippen LogP contribution in [-0.2, 0) is 28.5 Å². The molecule has 0 saturated carbocycles. The van der Waals surface area contributed by atoms with Crippen molar-refractivity contribution in [2.75, 3.05) is 20.2 Å². The van der Waals surface area contributed by atoms with Gasteiger partial charge < -0.3 is 28.2 Å². The summed E-state index contributed by atoms with van der Waals surface area (Å²) in [6, 6.07) is 2.83. The Balaban J connectivity index is 1.44. The van der Waals surface area contributed by atoms with Crippen LogP contribution in [0.3, 0.4) is 0 Å². The molecule has 3 aromatic rings. The maximum Gasteiger partial charge on any atom is 0.414 e. The molecule has 17 nitrogen and oxygen atoms in total. The van der Waals surface area contributed by atoms with Gasteiger partial charge in [-0.25, -0.2) is 19.6 Å². The average Bonchev–Trinajstić information content (AvgIpc) is 3.86. The first kappa shape index (κ1) is 47.6. The Kier molecular flexibility index (Phi) is 15.8. The van der Waals surface area contributed by atoms with E-state index in [1.807, 2.05) is 0 Å². The van der Waals surface area contributed by atoms with Crippen molar-refractivity contribution in [3.05, 3.63) is 51.3 Å². The Hall–Kier alpha value is -5.10. The Labute approximate surface area is 358 Å². The molecule has 4 rings (SSSR count). The lowest BCUT2D eigenvalue weighted by Crippen LogP contribution is -2.47. The van der Waals surface area contributed by atoms with Crippen molar-refractivity contribution in [2.45, 2.75) is 124 Å². The number of guanidine groups is 1. The number of likely N-dealkylation sites (tertiary alicyclic amines) is 1. The smallest absolute Gasteiger partial charge is 0.414 e. The van der Waals surface area contributed by atoms with Crippen molar-refractivity contribution in [3.63, 3.8) is 0 Å². The van der Waals surface area contributed by atoms with Crippen LogP contribution >= 0.6 is 22.9 Å². The van der Waals surface area contributed by atoms with Gasteiger partial charge in [-0.15, -0.1) is 11.3 Å². The molecule has 1 fully saturated rings. The number of imidazole rings is 1. The fraction of sp³-hybridized carbons (Fsp3) is 0.585. The third-order valence-corrected chi connectivity index (χ3v) is 9.86. The summed E-state index contributed by atoms with van der Waals surface area (Å²) in [4.78, 5) is 93.3. The number of unbranched alkanes of at least 4 members (excludes halogenated alkanes) is 1. The molecular formula is C41H56ClN7O10S. The van der Waals surface area contributed by atoms with Gasteiger partial charge in [-0.05, 0) is 99.6 Å². The first-order valence-corrected chi connectivity index (χ1v) is 20.9. The van der Waals surface area contributed by atoms with E-state index in [4.69, 9.17) is 30.5 Å². The number of amides is 3. The molecule has 3 aromatic heterocycles. The summed E-state index contributed by atoms with van der Waals surface area (Å²) in [7, 11) is 1.25. The molecule has 1 aliphatic heterocycles. The van der Waals surface area contributed by atoms with E-state index in [9.17, 15) is 28.8 Å². The van der Waals surface area contributed by atoms with Crippen molar-refractivity contribution in [2.24, 2.45) is 16.8 Å². The number of ketones is 1. The molecule has 0 unspecified atom stereocenters. The molecule has 2 N–H and O–H groups in total. The first-order valence-electron chi connectivity index (χ1n) is 19.7. The van der Waals surface area contributed by atoms with Gasteiger partial charge in [0.05, 0.1) is 30.5 Å². The number of carbonyl (C=O) groups excluding carboxylic acids is 6. The molecule has 3 amide bonds. The summed E-state index contributed by atoms with van der Waals surface area (Å²) in [6.07, 6.45) is 3.06. The van der Waals surface area contributed by atoms with Gasteiger partial charge in [0.25, 0.3) is 5.91 Å². The quantitative estimate of drug-likeness (QED) is 0.0433. The van der Waals surface area contributed by atoms with E-state index < -0.39 is 46.9 Å². The van der Waals surface area contributed by atoms with E-state index in [0.717, 1.165) is 0 Å². The molecule has 1 aliphatic rings. The number of nitrogens with one attached hydrogen (secondary N) is 2. The number of thiazole rings is 1. The van der Waals surface area contributed by atoms with Crippen LogP contribution in [0.4, 0.5) is 9.59 Å². The number of methoxy groups -OCH3 is 1. The summed E-state index contributed by atoms with van der Waals surface area (Å²) in [6.45, 7) is 15.9. The van der Waals surface area contributed by atoms with Crippen LogP contribution in [0.25, 0.3) is 5.65 Å². The average molecular weight is 874 g/mol. The fourth-order valence-electron chi connectivity index (χ4n) is 6.33. The molecule has 0 aromatic carbocycles. The maximum atomic E-state index is 14.0. The van der Waals surface area contributed by atoms with Crippen LogP contribution in [0.15, 0.2) is 34.9 Å². The van der Waals surface area contributed by atoms with E-state index in [1.54, 1.807) is 102 Å². The van der Waals surface area contributed by atoms with Crippen molar-refractivity contribution in [1.29, 1.82) is 0 Å². The largest absolute Gasteiger partial charge is 0.469 e. The number of aliphatic imine (C=N–C) groups is 1. The number of hydrogen-bond donors (Lipinski definition) is 2. The molecule has 0 spiro atoms. The maximum absolute atomic E-state index is 14.0. The zero-order chi connectivity index (χ0) is 44.6. The molecule has 4 heterocycles. The third-order valence-electron chi connectivity index (χ3n) is 8.69. The van der Waals surface area contributed by atoms with Crippen molar-refractivity contribution in [3.8, 4) is 0 Å². The molecule has 3 atom stereocenters. The number of rotatable bonds is 13. The predicted molar refractivity (Wildman–Crippen MR) is 224 cm³/mol. The zero-order valence-corrected chi connectivity index (χ0v) is 37.5. The SMILES string of the molecule is COC(=O)[C@H](CCCCN=C(NC(=O)OC(C)(C)C)NC(=O)OC(C)(C)C)CC(=O)c1csc([C@@H]2C[C@@H](CC(=O)OC(C)(C)C)CN2C(=O)c2cn3cc(Cl)ccc3n2)n1. The molecule has 328 valence electrons. The van der Waals surface area contributed by atoms with Gasteiger partial charge in [-0.2, -0.15) is 0 Å². The highest BCUT2D eigenvalue weighted by Gasteiger charge is 2.41. The Morgan fingerprint density at radius 3 is 2.12 bits per heavy atom. The normalized spacial score (nSPS) is 16.1. The van der Waals surface area contributed by atoms with Crippen LogP contribution in [0.1, 0.15) is 133 Å². The molecule has 0 radical (unpaired) electrons. The topological polar surface area (TPSA) is 209 Å². The molecule has 60 heavy (non-hydrogen) atoms. The summed E-state index contributed by atoms with van der Waals surface area (Å²) >= 11 is 7.38. The van der Waals surface area contributed by atoms with E-state index in [1.165, 1.54) is 18.4 Å². The predicted octanol–water partition coefficient (Wildman–Crippen LogP) is 7.32. The van der Waals surface area contributed by atoms with Crippen molar-refractivity contribution < 1.29 is 47.7 Å². The van der Waals surface area contributed by atoms with Gasteiger partial charge >= 0.3 is 24.1 Å². The van der Waals surface area contributed by atoms with Gasteiger partial charge in [0.2, 0.25) is 5.96 Å². The minimum atomic E-state index is -0.822. The number of esters is 2. The zero-order valence-electron chi connectivity index (χ0n) is 35.9. The number of ether oxygens (including phenoxy) is 4. The number of alkyl carbamates (subject to hydrolysis) is 2. The lowest BCUT2D eigenvalue weighted by Gasteiger charge is -2.22.